The number of nitrogens with two attached hydrogens (primary N) is 1. The minimum absolute atomic E-state index is 0.231. The Morgan fingerprint density at radius 1 is 1.53 bits per heavy atom. The zero-order chi connectivity index (χ0) is 10.8. The molecule has 0 saturated carbocycles. The van der Waals surface area contributed by atoms with E-state index in [-0.39, 0.29) is 6.04 Å². The predicted octanol–water partition coefficient (Wildman–Crippen LogP) is 3.34. The molecule has 2 aromatic rings. The SMILES string of the molecule is CCC(N)Cc1nc2cc(Br)ccc2s1. The van der Waals surface area contributed by atoms with E-state index in [0.717, 1.165) is 27.8 Å². The Morgan fingerprint density at radius 2 is 2.33 bits per heavy atom. The molecule has 1 aromatic carbocycles. The van der Waals surface area contributed by atoms with Crippen LogP contribution in [0.5, 0.6) is 0 Å². The lowest BCUT2D eigenvalue weighted by Crippen LogP contribution is -2.21. The van der Waals surface area contributed by atoms with Gasteiger partial charge in [0.2, 0.25) is 0 Å². The Hall–Kier alpha value is -0.450. The summed E-state index contributed by atoms with van der Waals surface area (Å²) >= 11 is 5.18. The number of rotatable bonds is 3. The van der Waals surface area contributed by atoms with Crippen molar-refractivity contribution in [2.24, 2.45) is 5.73 Å². The fourth-order valence-electron chi connectivity index (χ4n) is 1.40. The van der Waals surface area contributed by atoms with E-state index < -0.39 is 0 Å². The molecule has 0 aliphatic rings. The molecule has 2 rings (SSSR count). The van der Waals surface area contributed by atoms with E-state index in [1.807, 2.05) is 12.1 Å². The van der Waals surface area contributed by atoms with E-state index in [1.54, 1.807) is 11.3 Å². The van der Waals surface area contributed by atoms with Crippen molar-refractivity contribution >= 4 is 37.5 Å². The summed E-state index contributed by atoms with van der Waals surface area (Å²) in [5, 5.41) is 1.14. The van der Waals surface area contributed by atoms with Gasteiger partial charge >= 0.3 is 0 Å². The van der Waals surface area contributed by atoms with E-state index in [4.69, 9.17) is 5.73 Å². The van der Waals surface area contributed by atoms with Crippen molar-refractivity contribution in [3.63, 3.8) is 0 Å². The normalized spacial score (nSPS) is 13.3. The summed E-state index contributed by atoms with van der Waals surface area (Å²) in [5.74, 6) is 0. The molecule has 0 amide bonds. The number of halogens is 1. The summed E-state index contributed by atoms with van der Waals surface area (Å²) < 4.78 is 2.31. The van der Waals surface area contributed by atoms with Crippen LogP contribution in [-0.4, -0.2) is 11.0 Å². The molecule has 2 N–H and O–H groups in total. The van der Waals surface area contributed by atoms with Crippen LogP contribution in [0.15, 0.2) is 22.7 Å². The summed E-state index contributed by atoms with van der Waals surface area (Å²) in [6.45, 7) is 2.11. The van der Waals surface area contributed by atoms with Crippen molar-refractivity contribution < 1.29 is 0 Å². The third-order valence-electron chi connectivity index (χ3n) is 2.36. The first-order valence-corrected chi connectivity index (χ1v) is 6.60. The molecule has 15 heavy (non-hydrogen) atoms. The maximum absolute atomic E-state index is 5.91. The monoisotopic (exact) mass is 284 g/mol. The molecule has 80 valence electrons. The standard InChI is InChI=1S/C11H13BrN2S/c1-2-8(13)6-11-14-9-5-7(12)3-4-10(9)15-11/h3-5,8H,2,6,13H2,1H3. The fourth-order valence-corrected chi connectivity index (χ4v) is 2.79. The van der Waals surface area contributed by atoms with E-state index >= 15 is 0 Å². The molecule has 0 spiro atoms. The molecule has 0 aliphatic heterocycles. The molecule has 4 heteroatoms. The van der Waals surface area contributed by atoms with Gasteiger partial charge in [-0.2, -0.15) is 0 Å². The minimum Gasteiger partial charge on any atom is -0.327 e. The van der Waals surface area contributed by atoms with Crippen molar-refractivity contribution in [1.29, 1.82) is 0 Å². The smallest absolute Gasteiger partial charge is 0.0954 e. The third kappa shape index (κ3) is 2.56. The first-order valence-electron chi connectivity index (χ1n) is 4.99. The van der Waals surface area contributed by atoms with Gasteiger partial charge in [0.05, 0.1) is 15.2 Å². The second-order valence-corrected chi connectivity index (χ2v) is 5.62. The minimum atomic E-state index is 0.231. The van der Waals surface area contributed by atoms with Crippen LogP contribution in [0.4, 0.5) is 0 Å². The summed E-state index contributed by atoms with van der Waals surface area (Å²) in [4.78, 5) is 4.57. The molecule has 0 saturated heterocycles. The van der Waals surface area contributed by atoms with Crippen LogP contribution in [0, 0.1) is 0 Å². The molecule has 0 aliphatic carbocycles. The van der Waals surface area contributed by atoms with Crippen LogP contribution in [0.25, 0.3) is 10.2 Å². The molecule has 0 fully saturated rings. The summed E-state index contributed by atoms with van der Waals surface area (Å²) in [5.41, 5.74) is 6.98. The lowest BCUT2D eigenvalue weighted by Gasteiger charge is -2.03. The van der Waals surface area contributed by atoms with Gasteiger partial charge in [0.15, 0.2) is 0 Å². The number of thiazole rings is 1. The van der Waals surface area contributed by atoms with Gasteiger partial charge in [-0.15, -0.1) is 11.3 Å². The van der Waals surface area contributed by atoms with Crippen LogP contribution >= 0.6 is 27.3 Å². The fraction of sp³-hybridized carbons (Fsp3) is 0.364. The van der Waals surface area contributed by atoms with Gasteiger partial charge in [-0.05, 0) is 24.6 Å². The molecular formula is C11H13BrN2S. The van der Waals surface area contributed by atoms with Gasteiger partial charge in [-0.1, -0.05) is 22.9 Å². The lowest BCUT2D eigenvalue weighted by atomic mass is 10.2. The second-order valence-electron chi connectivity index (χ2n) is 3.59. The van der Waals surface area contributed by atoms with Crippen LogP contribution in [0.3, 0.4) is 0 Å². The topological polar surface area (TPSA) is 38.9 Å². The molecule has 1 aromatic heterocycles. The van der Waals surface area contributed by atoms with E-state index in [0.29, 0.717) is 0 Å². The lowest BCUT2D eigenvalue weighted by molar-refractivity contribution is 0.645. The number of benzene rings is 1. The van der Waals surface area contributed by atoms with Crippen molar-refractivity contribution in [3.05, 3.63) is 27.7 Å². The van der Waals surface area contributed by atoms with E-state index in [9.17, 15) is 0 Å². The molecule has 0 radical (unpaired) electrons. The van der Waals surface area contributed by atoms with Crippen molar-refractivity contribution in [1.82, 2.24) is 4.98 Å². The van der Waals surface area contributed by atoms with Crippen molar-refractivity contribution in [2.45, 2.75) is 25.8 Å². The van der Waals surface area contributed by atoms with Gasteiger partial charge in [-0.25, -0.2) is 4.98 Å². The number of fused-ring (bicyclic) bond motifs is 1. The largest absolute Gasteiger partial charge is 0.327 e. The van der Waals surface area contributed by atoms with Gasteiger partial charge in [0.25, 0.3) is 0 Å². The number of nitrogens with zero attached hydrogens (tertiary/aromatic N) is 1. The first kappa shape index (κ1) is 11.0. The molecule has 2 nitrogen and oxygen atoms in total. The molecular weight excluding hydrogens is 272 g/mol. The van der Waals surface area contributed by atoms with Gasteiger partial charge in [-0.3, -0.25) is 0 Å². The van der Waals surface area contributed by atoms with Gasteiger partial charge < -0.3 is 5.73 Å². The van der Waals surface area contributed by atoms with Crippen molar-refractivity contribution in [2.75, 3.05) is 0 Å². The molecule has 0 bridgehead atoms. The third-order valence-corrected chi connectivity index (χ3v) is 3.91. The van der Waals surface area contributed by atoms with Crippen LogP contribution < -0.4 is 5.73 Å². The highest BCUT2D eigenvalue weighted by molar-refractivity contribution is 9.10. The molecule has 1 unspecified atom stereocenters. The zero-order valence-corrected chi connectivity index (χ0v) is 10.9. The summed E-state index contributed by atoms with van der Waals surface area (Å²) in [6, 6.07) is 6.42. The van der Waals surface area contributed by atoms with Crippen molar-refractivity contribution in [3.8, 4) is 0 Å². The zero-order valence-electron chi connectivity index (χ0n) is 8.53. The Balaban J connectivity index is 2.30. The van der Waals surface area contributed by atoms with Crippen LogP contribution in [0.2, 0.25) is 0 Å². The van der Waals surface area contributed by atoms with Gasteiger partial charge in [0, 0.05) is 16.9 Å². The molecule has 1 heterocycles. The summed E-state index contributed by atoms with van der Waals surface area (Å²) in [7, 11) is 0. The number of hydrogen-bond acceptors (Lipinski definition) is 3. The summed E-state index contributed by atoms with van der Waals surface area (Å²) in [6.07, 6.45) is 1.88. The first-order chi connectivity index (χ1) is 7.19. The van der Waals surface area contributed by atoms with E-state index in [1.165, 1.54) is 4.70 Å². The maximum Gasteiger partial charge on any atom is 0.0954 e. The Bertz CT molecular complexity index is 467. The number of hydrogen-bond donors (Lipinski definition) is 1. The maximum atomic E-state index is 5.91. The Morgan fingerprint density at radius 3 is 3.07 bits per heavy atom. The average Bonchev–Trinajstić information content (AvgIpc) is 2.59. The van der Waals surface area contributed by atoms with E-state index in [2.05, 4.69) is 33.9 Å². The number of aromatic nitrogens is 1. The molecule has 1 atom stereocenters. The van der Waals surface area contributed by atoms with Gasteiger partial charge in [0.1, 0.15) is 0 Å². The second kappa shape index (κ2) is 4.60. The Kier molecular flexibility index (Phi) is 3.38. The highest BCUT2D eigenvalue weighted by atomic mass is 79.9. The quantitative estimate of drug-likeness (QED) is 0.939. The van der Waals surface area contributed by atoms with Crippen LogP contribution in [-0.2, 0) is 6.42 Å². The Labute approximate surface area is 102 Å². The highest BCUT2D eigenvalue weighted by Gasteiger charge is 2.07. The predicted molar refractivity (Wildman–Crippen MR) is 69.3 cm³/mol. The van der Waals surface area contributed by atoms with Crippen LogP contribution in [0.1, 0.15) is 18.4 Å². The average molecular weight is 285 g/mol. The highest BCUT2D eigenvalue weighted by Crippen LogP contribution is 2.25.